The summed E-state index contributed by atoms with van der Waals surface area (Å²) in [6, 6.07) is 3.13. The van der Waals surface area contributed by atoms with Crippen molar-refractivity contribution in [3.63, 3.8) is 0 Å². The normalized spacial score (nSPS) is 20.8. The van der Waals surface area contributed by atoms with Gasteiger partial charge in [-0.3, -0.25) is 4.90 Å². The molecule has 1 fully saturated rings. The zero-order chi connectivity index (χ0) is 18.0. The highest BCUT2D eigenvalue weighted by Crippen LogP contribution is 2.25. The molecule has 3 rings (SSSR count). The number of anilines is 1. The maximum absolute atomic E-state index is 13.9. The van der Waals surface area contributed by atoms with Gasteiger partial charge in [0.2, 0.25) is 0 Å². The molecule has 1 aliphatic heterocycles. The lowest BCUT2D eigenvalue weighted by Crippen LogP contribution is -2.35. The van der Waals surface area contributed by atoms with Gasteiger partial charge in [0, 0.05) is 37.4 Å². The molecule has 7 nitrogen and oxygen atoms in total. The van der Waals surface area contributed by atoms with Crippen LogP contribution in [0.15, 0.2) is 22.9 Å². The van der Waals surface area contributed by atoms with Gasteiger partial charge in [0.1, 0.15) is 17.7 Å². The number of aryl methyl sites for hydroxylation is 2. The van der Waals surface area contributed by atoms with E-state index in [1.807, 2.05) is 13.8 Å². The van der Waals surface area contributed by atoms with Crippen molar-refractivity contribution in [1.29, 1.82) is 0 Å². The minimum Gasteiger partial charge on any atom is -0.478 e. The molecule has 1 aliphatic rings. The molecule has 3 heterocycles. The predicted octanol–water partition coefficient (Wildman–Crippen LogP) is 2.41. The van der Waals surface area contributed by atoms with Crippen LogP contribution >= 0.6 is 0 Å². The highest BCUT2D eigenvalue weighted by Gasteiger charge is 2.33. The number of hydrogen-bond acceptors (Lipinski definition) is 6. The first-order chi connectivity index (χ1) is 11.9. The number of rotatable bonds is 6. The maximum Gasteiger partial charge on any atom is 0.337 e. The Morgan fingerprint density at radius 1 is 1.48 bits per heavy atom. The number of nitrogens with zero attached hydrogens (tertiary/aromatic N) is 3. The van der Waals surface area contributed by atoms with Gasteiger partial charge in [-0.2, -0.15) is 0 Å². The molecule has 2 aromatic rings. The van der Waals surface area contributed by atoms with Crippen LogP contribution in [0.4, 0.5) is 10.2 Å². The highest BCUT2D eigenvalue weighted by molar-refractivity contribution is 5.87. The highest BCUT2D eigenvalue weighted by atomic mass is 19.1. The fraction of sp³-hybridized carbons (Fsp3) is 0.471. The van der Waals surface area contributed by atoms with Gasteiger partial charge < -0.3 is 14.9 Å². The Bertz CT molecular complexity index is 727. The number of carbonyl (C=O) groups is 1. The van der Waals surface area contributed by atoms with E-state index in [9.17, 15) is 9.18 Å². The number of hydrogen-bond donors (Lipinski definition) is 2. The second kappa shape index (κ2) is 7.18. The van der Waals surface area contributed by atoms with Crippen molar-refractivity contribution in [2.45, 2.75) is 39.0 Å². The molecule has 1 saturated heterocycles. The number of halogens is 1. The number of carboxylic acid groups (broad SMARTS) is 1. The average molecular weight is 348 g/mol. The van der Waals surface area contributed by atoms with Crippen molar-refractivity contribution >= 4 is 11.8 Å². The third-order valence-corrected chi connectivity index (χ3v) is 4.55. The molecule has 0 spiro atoms. The van der Waals surface area contributed by atoms with E-state index in [1.54, 1.807) is 6.07 Å². The quantitative estimate of drug-likeness (QED) is 0.828. The Morgan fingerprint density at radius 3 is 2.88 bits per heavy atom. The number of nitrogens with one attached hydrogen (secondary N) is 1. The van der Waals surface area contributed by atoms with E-state index in [-0.39, 0.29) is 11.6 Å². The monoisotopic (exact) mass is 348 g/mol. The third-order valence-electron chi connectivity index (χ3n) is 4.55. The van der Waals surface area contributed by atoms with E-state index in [2.05, 4.69) is 20.4 Å². The molecular weight excluding hydrogens is 327 g/mol. The lowest BCUT2D eigenvalue weighted by molar-refractivity contribution is 0.0696. The van der Waals surface area contributed by atoms with Crippen LogP contribution in [0, 0.1) is 13.8 Å². The minimum absolute atomic E-state index is 0.0182. The number of pyridine rings is 1. The van der Waals surface area contributed by atoms with Gasteiger partial charge in [-0.05, 0) is 32.4 Å². The van der Waals surface area contributed by atoms with Gasteiger partial charge in [-0.25, -0.2) is 14.2 Å². The van der Waals surface area contributed by atoms with Crippen molar-refractivity contribution in [1.82, 2.24) is 15.0 Å². The van der Waals surface area contributed by atoms with Crippen molar-refractivity contribution in [2.75, 3.05) is 18.4 Å². The predicted molar refractivity (Wildman–Crippen MR) is 89.4 cm³/mol. The Hall–Kier alpha value is -2.48. The number of carboxylic acids is 1. The molecule has 25 heavy (non-hydrogen) atoms. The number of aromatic nitrogens is 2. The molecule has 0 radical (unpaired) electrons. The first kappa shape index (κ1) is 17.3. The maximum atomic E-state index is 13.9. The Kier molecular flexibility index (Phi) is 4.98. The molecule has 8 heteroatoms. The Morgan fingerprint density at radius 2 is 2.28 bits per heavy atom. The summed E-state index contributed by atoms with van der Waals surface area (Å²) in [5.41, 5.74) is 1.97. The summed E-state index contributed by atoms with van der Waals surface area (Å²) in [6.45, 7) is 5.25. The Labute approximate surface area is 144 Å². The second-order valence-corrected chi connectivity index (χ2v) is 6.34. The summed E-state index contributed by atoms with van der Waals surface area (Å²) in [5.74, 6) is 0.322. The van der Waals surface area contributed by atoms with E-state index >= 15 is 0 Å². The summed E-state index contributed by atoms with van der Waals surface area (Å²) in [6.07, 6.45) is 0.886. The van der Waals surface area contributed by atoms with Gasteiger partial charge in [0.05, 0.1) is 11.3 Å². The summed E-state index contributed by atoms with van der Waals surface area (Å²) in [7, 11) is 0. The largest absolute Gasteiger partial charge is 0.478 e. The molecule has 0 amide bonds. The van der Waals surface area contributed by atoms with Crippen LogP contribution in [0.5, 0.6) is 0 Å². The smallest absolute Gasteiger partial charge is 0.337 e. The fourth-order valence-corrected chi connectivity index (χ4v) is 3.11. The fourth-order valence-electron chi connectivity index (χ4n) is 3.11. The first-order valence-electron chi connectivity index (χ1n) is 8.17. The molecular formula is C17H21FN4O3. The van der Waals surface area contributed by atoms with Crippen LogP contribution in [0.25, 0.3) is 0 Å². The van der Waals surface area contributed by atoms with Crippen LogP contribution in [-0.2, 0) is 6.54 Å². The molecule has 0 bridgehead atoms. The molecule has 2 aromatic heterocycles. The number of alkyl halides is 1. The molecule has 0 aliphatic carbocycles. The van der Waals surface area contributed by atoms with Crippen LogP contribution in [-0.4, -0.2) is 51.4 Å². The standard InChI is InChI=1S/C17H21FN4O3/c1-10-15(11(2)25-21-10)9-22-8-13(18)5-14(22)7-20-16-4-3-12(6-19-16)17(23)24/h3-4,6,13-14H,5,7-9H2,1-2H3,(H,19,20)(H,23,24)/t13-,14-/m0/s1. The van der Waals surface area contributed by atoms with Gasteiger partial charge in [0.25, 0.3) is 0 Å². The lowest BCUT2D eigenvalue weighted by atomic mass is 10.1. The zero-order valence-electron chi connectivity index (χ0n) is 14.2. The second-order valence-electron chi connectivity index (χ2n) is 6.34. The number of likely N-dealkylation sites (tertiary alicyclic amines) is 1. The topological polar surface area (TPSA) is 91.5 Å². The van der Waals surface area contributed by atoms with Crippen molar-refractivity contribution < 1.29 is 18.8 Å². The van der Waals surface area contributed by atoms with E-state index in [4.69, 9.17) is 9.63 Å². The lowest BCUT2D eigenvalue weighted by Gasteiger charge is -2.24. The minimum atomic E-state index is -1.01. The molecule has 0 aromatic carbocycles. The van der Waals surface area contributed by atoms with Crippen LogP contribution in [0.2, 0.25) is 0 Å². The van der Waals surface area contributed by atoms with E-state index < -0.39 is 12.1 Å². The van der Waals surface area contributed by atoms with E-state index in [0.29, 0.717) is 31.9 Å². The molecule has 0 unspecified atom stereocenters. The summed E-state index contributed by atoms with van der Waals surface area (Å²) >= 11 is 0. The Balaban J connectivity index is 1.63. The molecule has 2 atom stereocenters. The van der Waals surface area contributed by atoms with Gasteiger partial charge >= 0.3 is 5.97 Å². The van der Waals surface area contributed by atoms with Crippen LogP contribution in [0.3, 0.4) is 0 Å². The van der Waals surface area contributed by atoms with Crippen molar-refractivity contribution in [2.24, 2.45) is 0 Å². The summed E-state index contributed by atoms with van der Waals surface area (Å²) in [4.78, 5) is 17.0. The third kappa shape index (κ3) is 3.96. The summed E-state index contributed by atoms with van der Waals surface area (Å²) in [5, 5.41) is 16.0. The van der Waals surface area contributed by atoms with E-state index in [1.165, 1.54) is 12.3 Å². The van der Waals surface area contributed by atoms with Crippen LogP contribution < -0.4 is 5.32 Å². The van der Waals surface area contributed by atoms with Gasteiger partial charge in [-0.15, -0.1) is 0 Å². The molecule has 2 N–H and O–H groups in total. The molecule has 134 valence electrons. The van der Waals surface area contributed by atoms with Gasteiger partial charge in [-0.1, -0.05) is 5.16 Å². The first-order valence-corrected chi connectivity index (χ1v) is 8.17. The van der Waals surface area contributed by atoms with Gasteiger partial charge in [0.15, 0.2) is 0 Å². The van der Waals surface area contributed by atoms with E-state index in [0.717, 1.165) is 17.0 Å². The zero-order valence-corrected chi connectivity index (χ0v) is 14.2. The summed E-state index contributed by atoms with van der Waals surface area (Å²) < 4.78 is 19.1. The van der Waals surface area contributed by atoms with Crippen molar-refractivity contribution in [3.8, 4) is 0 Å². The van der Waals surface area contributed by atoms with Crippen molar-refractivity contribution in [3.05, 3.63) is 40.9 Å². The van der Waals surface area contributed by atoms with Crippen LogP contribution in [0.1, 0.15) is 33.8 Å². The SMILES string of the molecule is Cc1noc(C)c1CN1C[C@@H](F)C[C@H]1CNc1ccc(C(=O)O)cn1. The molecule has 0 saturated carbocycles. The average Bonchev–Trinajstić information content (AvgIpc) is 3.10. The number of aromatic carboxylic acids is 1.